The molecule has 1 aromatic carbocycles. The Morgan fingerprint density at radius 1 is 1.47 bits per heavy atom. The quantitative estimate of drug-likeness (QED) is 0.436. The molecular formula is C10H9N3O6. The predicted octanol–water partition coefficient (Wildman–Crippen LogP) is -0.0190. The normalized spacial score (nSPS) is 9.47. The number of amides is 3. The van der Waals surface area contributed by atoms with E-state index < -0.39 is 29.2 Å². The second-order valence-electron chi connectivity index (χ2n) is 3.30. The maximum atomic E-state index is 11.1. The Labute approximate surface area is 106 Å². The summed E-state index contributed by atoms with van der Waals surface area (Å²) < 4.78 is 4.88. The zero-order chi connectivity index (χ0) is 14.4. The lowest BCUT2D eigenvalue weighted by molar-refractivity contribution is -0.385. The van der Waals surface area contributed by atoms with Crippen LogP contribution >= 0.6 is 0 Å². The van der Waals surface area contributed by atoms with Crippen LogP contribution in [-0.2, 0) is 4.79 Å². The SMILES string of the molecule is NC(=O)NC(=O)COc1ccc(C=O)cc1[N+](=O)[O-]. The first-order chi connectivity index (χ1) is 8.93. The number of primary amides is 1. The molecule has 0 saturated carbocycles. The number of hydrogen-bond donors (Lipinski definition) is 2. The molecule has 1 aromatic rings. The number of benzene rings is 1. The lowest BCUT2D eigenvalue weighted by Gasteiger charge is -2.06. The van der Waals surface area contributed by atoms with Crippen LogP contribution in [0.3, 0.4) is 0 Å². The number of hydrogen-bond acceptors (Lipinski definition) is 6. The molecule has 0 atom stereocenters. The van der Waals surface area contributed by atoms with Crippen LogP contribution in [-0.4, -0.2) is 29.8 Å². The van der Waals surface area contributed by atoms with Crippen LogP contribution in [0.15, 0.2) is 18.2 Å². The van der Waals surface area contributed by atoms with Crippen molar-refractivity contribution >= 4 is 23.9 Å². The van der Waals surface area contributed by atoms with Gasteiger partial charge in [0.1, 0.15) is 6.29 Å². The highest BCUT2D eigenvalue weighted by Gasteiger charge is 2.17. The average Bonchev–Trinajstić information content (AvgIpc) is 2.35. The maximum absolute atomic E-state index is 11.1. The minimum absolute atomic E-state index is 0.0978. The van der Waals surface area contributed by atoms with Crippen molar-refractivity contribution in [3.05, 3.63) is 33.9 Å². The van der Waals surface area contributed by atoms with Gasteiger partial charge < -0.3 is 10.5 Å². The summed E-state index contributed by atoms with van der Waals surface area (Å²) in [5.74, 6) is -1.04. The summed E-state index contributed by atoms with van der Waals surface area (Å²) in [5.41, 5.74) is 4.34. The van der Waals surface area contributed by atoms with Gasteiger partial charge >= 0.3 is 11.7 Å². The number of nitro benzene ring substituents is 1. The van der Waals surface area contributed by atoms with Gasteiger partial charge in [-0.05, 0) is 12.1 Å². The van der Waals surface area contributed by atoms with Gasteiger partial charge in [-0.15, -0.1) is 0 Å². The zero-order valence-corrected chi connectivity index (χ0v) is 9.49. The minimum atomic E-state index is -1.06. The van der Waals surface area contributed by atoms with Crippen molar-refractivity contribution in [3.8, 4) is 5.75 Å². The molecule has 0 fully saturated rings. The van der Waals surface area contributed by atoms with E-state index in [4.69, 9.17) is 10.5 Å². The fraction of sp³-hybridized carbons (Fsp3) is 0.100. The molecule has 0 bridgehead atoms. The number of ether oxygens (including phenoxy) is 1. The molecular weight excluding hydrogens is 258 g/mol. The van der Waals surface area contributed by atoms with Gasteiger partial charge in [0.2, 0.25) is 0 Å². The number of aldehydes is 1. The van der Waals surface area contributed by atoms with Crippen LogP contribution in [0.4, 0.5) is 10.5 Å². The molecule has 0 aromatic heterocycles. The molecule has 9 nitrogen and oxygen atoms in total. The Bertz CT molecular complexity index is 542. The molecule has 0 unspecified atom stereocenters. The Balaban J connectivity index is 2.83. The van der Waals surface area contributed by atoms with E-state index in [0.29, 0.717) is 6.29 Å². The Hall–Kier alpha value is -2.97. The van der Waals surface area contributed by atoms with Gasteiger partial charge in [-0.25, -0.2) is 4.79 Å². The lowest BCUT2D eigenvalue weighted by Crippen LogP contribution is -2.38. The number of nitro groups is 1. The minimum Gasteiger partial charge on any atom is -0.477 e. The standard InChI is InChI=1S/C10H9N3O6/c11-10(16)12-9(15)5-19-8-2-1-6(4-14)3-7(8)13(17)18/h1-4H,5H2,(H3,11,12,15,16). The van der Waals surface area contributed by atoms with Gasteiger partial charge in [0, 0.05) is 11.6 Å². The van der Waals surface area contributed by atoms with Gasteiger partial charge in [-0.2, -0.15) is 0 Å². The van der Waals surface area contributed by atoms with Gasteiger partial charge in [-0.3, -0.25) is 25.0 Å². The van der Waals surface area contributed by atoms with Crippen molar-refractivity contribution < 1.29 is 24.0 Å². The summed E-state index contributed by atoms with van der Waals surface area (Å²) in [6, 6.07) is 2.43. The number of carbonyl (C=O) groups excluding carboxylic acids is 3. The van der Waals surface area contributed by atoms with Crippen LogP contribution in [0.1, 0.15) is 10.4 Å². The van der Waals surface area contributed by atoms with Crippen molar-refractivity contribution in [3.63, 3.8) is 0 Å². The van der Waals surface area contributed by atoms with Crippen LogP contribution < -0.4 is 15.8 Å². The van der Waals surface area contributed by atoms with Crippen molar-refractivity contribution in [2.45, 2.75) is 0 Å². The van der Waals surface area contributed by atoms with Crippen molar-refractivity contribution in [2.24, 2.45) is 5.73 Å². The molecule has 0 heterocycles. The Morgan fingerprint density at radius 3 is 2.68 bits per heavy atom. The summed E-state index contributed by atoms with van der Waals surface area (Å²) >= 11 is 0. The van der Waals surface area contributed by atoms with Gasteiger partial charge in [-0.1, -0.05) is 0 Å². The molecule has 1 rings (SSSR count). The van der Waals surface area contributed by atoms with E-state index in [-0.39, 0.29) is 11.3 Å². The zero-order valence-electron chi connectivity index (χ0n) is 9.49. The molecule has 0 aliphatic carbocycles. The fourth-order valence-electron chi connectivity index (χ4n) is 1.19. The number of carbonyl (C=O) groups is 3. The number of rotatable bonds is 5. The van der Waals surface area contributed by atoms with Gasteiger partial charge in [0.15, 0.2) is 12.4 Å². The third-order valence-electron chi connectivity index (χ3n) is 1.94. The second kappa shape index (κ2) is 6.10. The molecule has 3 N–H and O–H groups in total. The number of nitrogens with one attached hydrogen (secondary N) is 1. The number of urea groups is 1. The predicted molar refractivity (Wildman–Crippen MR) is 61.7 cm³/mol. The smallest absolute Gasteiger partial charge is 0.318 e. The lowest BCUT2D eigenvalue weighted by atomic mass is 10.2. The summed E-state index contributed by atoms with van der Waals surface area (Å²) in [4.78, 5) is 41.9. The third kappa shape index (κ3) is 4.07. The first-order valence-corrected chi connectivity index (χ1v) is 4.89. The molecule has 0 aliphatic rings. The summed E-state index contributed by atoms with van der Waals surface area (Å²) in [5, 5.41) is 12.5. The van der Waals surface area contributed by atoms with Crippen LogP contribution in [0, 0.1) is 10.1 Å². The Morgan fingerprint density at radius 2 is 2.16 bits per heavy atom. The summed E-state index contributed by atoms with van der Waals surface area (Å²) in [6.07, 6.45) is 0.441. The van der Waals surface area contributed by atoms with Crippen LogP contribution in [0.25, 0.3) is 0 Å². The molecule has 0 spiro atoms. The highest BCUT2D eigenvalue weighted by atomic mass is 16.6. The monoisotopic (exact) mass is 267 g/mol. The van der Waals surface area contributed by atoms with E-state index in [2.05, 4.69) is 0 Å². The maximum Gasteiger partial charge on any atom is 0.318 e. The van der Waals surface area contributed by atoms with E-state index in [9.17, 15) is 24.5 Å². The van der Waals surface area contributed by atoms with Gasteiger partial charge in [0.25, 0.3) is 5.91 Å². The number of imide groups is 1. The third-order valence-corrected chi connectivity index (χ3v) is 1.94. The molecule has 0 radical (unpaired) electrons. The Kier molecular flexibility index (Phi) is 4.52. The molecule has 0 aliphatic heterocycles. The van der Waals surface area contributed by atoms with Crippen LogP contribution in [0.5, 0.6) is 5.75 Å². The van der Waals surface area contributed by atoms with Gasteiger partial charge in [0.05, 0.1) is 4.92 Å². The number of nitrogens with zero attached hydrogens (tertiary/aromatic N) is 1. The molecule has 19 heavy (non-hydrogen) atoms. The highest BCUT2D eigenvalue weighted by molar-refractivity contribution is 5.94. The summed E-state index contributed by atoms with van der Waals surface area (Å²) in [6.45, 7) is -0.621. The largest absolute Gasteiger partial charge is 0.477 e. The molecule has 3 amide bonds. The van der Waals surface area contributed by atoms with E-state index in [1.54, 1.807) is 5.32 Å². The van der Waals surface area contributed by atoms with Crippen LogP contribution in [0.2, 0.25) is 0 Å². The fourth-order valence-corrected chi connectivity index (χ4v) is 1.19. The first-order valence-electron chi connectivity index (χ1n) is 4.89. The van der Waals surface area contributed by atoms with Crippen molar-refractivity contribution in [1.82, 2.24) is 5.32 Å². The second-order valence-corrected chi connectivity index (χ2v) is 3.30. The van der Waals surface area contributed by atoms with Crippen molar-refractivity contribution in [2.75, 3.05) is 6.61 Å². The topological polar surface area (TPSA) is 142 Å². The first kappa shape index (κ1) is 14.1. The van der Waals surface area contributed by atoms with Crippen molar-refractivity contribution in [1.29, 1.82) is 0 Å². The molecule has 0 saturated heterocycles. The average molecular weight is 267 g/mol. The molecule has 9 heteroatoms. The van der Waals surface area contributed by atoms with E-state index in [1.807, 2.05) is 0 Å². The number of nitrogens with two attached hydrogens (primary N) is 1. The summed E-state index contributed by atoms with van der Waals surface area (Å²) in [7, 11) is 0. The van der Waals surface area contributed by atoms with E-state index in [0.717, 1.165) is 6.07 Å². The van der Waals surface area contributed by atoms with E-state index >= 15 is 0 Å². The van der Waals surface area contributed by atoms with E-state index in [1.165, 1.54) is 12.1 Å². The molecule has 100 valence electrons. The highest BCUT2D eigenvalue weighted by Crippen LogP contribution is 2.27.